The highest BCUT2D eigenvalue weighted by atomic mass is 35.5. The summed E-state index contributed by atoms with van der Waals surface area (Å²) in [4.78, 5) is 22.6. The van der Waals surface area contributed by atoms with Crippen LogP contribution in [0.2, 0.25) is 5.02 Å². The number of carbonyl (C=O) groups is 2. The van der Waals surface area contributed by atoms with Gasteiger partial charge in [0.05, 0.1) is 12.3 Å². The zero-order chi connectivity index (χ0) is 15.8. The van der Waals surface area contributed by atoms with Crippen LogP contribution in [0.15, 0.2) is 30.0 Å². The minimum atomic E-state index is -0.971. The van der Waals surface area contributed by atoms with Crippen molar-refractivity contribution in [3.05, 3.63) is 40.8 Å². The molecule has 2 N–H and O–H groups in total. The summed E-state index contributed by atoms with van der Waals surface area (Å²) in [5, 5.41) is 13.3. The zero-order valence-electron chi connectivity index (χ0n) is 10.9. The van der Waals surface area contributed by atoms with Crippen LogP contribution in [0.25, 0.3) is 0 Å². The number of imide groups is 1. The number of amides is 2. The fourth-order valence-corrected chi connectivity index (χ4v) is 1.39. The maximum Gasteiger partial charge on any atom is 0.414 e. The number of ether oxygens (including phenoxy) is 1. The van der Waals surface area contributed by atoms with E-state index in [1.165, 1.54) is 12.1 Å². The Kier molecular flexibility index (Phi) is 6.17. The predicted molar refractivity (Wildman–Crippen MR) is 73.9 cm³/mol. The number of hydrogen-bond acceptors (Lipinski definition) is 5. The van der Waals surface area contributed by atoms with Gasteiger partial charge in [-0.05, 0) is 25.1 Å². The molecule has 0 fully saturated rings. The van der Waals surface area contributed by atoms with E-state index < -0.39 is 23.4 Å². The number of carbonyl (C=O) groups excluding carboxylic acids is 2. The van der Waals surface area contributed by atoms with Crippen molar-refractivity contribution in [2.75, 3.05) is 11.9 Å². The molecule has 0 radical (unpaired) electrons. The molecule has 0 spiro atoms. The van der Waals surface area contributed by atoms with E-state index in [1.54, 1.807) is 13.0 Å². The second kappa shape index (κ2) is 7.87. The molecule has 0 atom stereocenters. The molecular formula is C13H11ClFN3O3. The molecule has 110 valence electrons. The molecule has 2 amide bonds. The summed E-state index contributed by atoms with van der Waals surface area (Å²) < 4.78 is 18.0. The third-order valence-electron chi connectivity index (χ3n) is 2.16. The summed E-state index contributed by atoms with van der Waals surface area (Å²) in [5.41, 5.74) is -0.395. The number of nitriles is 1. The summed E-state index contributed by atoms with van der Waals surface area (Å²) in [6.45, 7) is 1.65. The van der Waals surface area contributed by atoms with Crippen molar-refractivity contribution in [1.29, 1.82) is 5.26 Å². The summed E-state index contributed by atoms with van der Waals surface area (Å²) in [6, 6.07) is 5.43. The summed E-state index contributed by atoms with van der Waals surface area (Å²) in [7, 11) is 0. The van der Waals surface area contributed by atoms with Gasteiger partial charge in [0.15, 0.2) is 0 Å². The summed E-state index contributed by atoms with van der Waals surface area (Å²) in [5.74, 6) is -1.61. The molecule has 6 nitrogen and oxygen atoms in total. The first-order chi connectivity index (χ1) is 9.97. The summed E-state index contributed by atoms with van der Waals surface area (Å²) in [6.07, 6.45) is 0.00210. The number of halogens is 2. The first-order valence-electron chi connectivity index (χ1n) is 5.78. The van der Waals surface area contributed by atoms with E-state index in [4.69, 9.17) is 16.9 Å². The summed E-state index contributed by atoms with van der Waals surface area (Å²) >= 11 is 5.59. The van der Waals surface area contributed by atoms with E-state index >= 15 is 0 Å². The monoisotopic (exact) mass is 311 g/mol. The van der Waals surface area contributed by atoms with Crippen LogP contribution in [0.5, 0.6) is 0 Å². The normalized spacial score (nSPS) is 10.5. The third-order valence-corrected chi connectivity index (χ3v) is 2.39. The average Bonchev–Trinajstić information content (AvgIpc) is 2.41. The molecule has 1 aromatic carbocycles. The van der Waals surface area contributed by atoms with Crippen molar-refractivity contribution in [2.45, 2.75) is 6.92 Å². The highest BCUT2D eigenvalue weighted by molar-refractivity contribution is 6.30. The lowest BCUT2D eigenvalue weighted by molar-refractivity contribution is -0.116. The van der Waals surface area contributed by atoms with Gasteiger partial charge in [0, 0.05) is 11.2 Å². The molecule has 0 aliphatic carbocycles. The van der Waals surface area contributed by atoms with Crippen LogP contribution in [0.4, 0.5) is 14.9 Å². The van der Waals surface area contributed by atoms with Gasteiger partial charge in [-0.2, -0.15) is 5.26 Å². The first-order valence-corrected chi connectivity index (χ1v) is 6.15. The van der Waals surface area contributed by atoms with E-state index in [0.29, 0.717) is 0 Å². The highest BCUT2D eigenvalue weighted by Crippen LogP contribution is 2.18. The van der Waals surface area contributed by atoms with Gasteiger partial charge in [-0.3, -0.25) is 10.1 Å². The van der Waals surface area contributed by atoms with E-state index in [9.17, 15) is 14.0 Å². The lowest BCUT2D eigenvalue weighted by atomic mass is 10.2. The molecule has 0 saturated heterocycles. The number of anilines is 1. The van der Waals surface area contributed by atoms with Crippen molar-refractivity contribution in [2.24, 2.45) is 0 Å². The van der Waals surface area contributed by atoms with Crippen molar-refractivity contribution < 1.29 is 18.7 Å². The second-order valence-corrected chi connectivity index (χ2v) is 4.05. The van der Waals surface area contributed by atoms with Gasteiger partial charge in [-0.25, -0.2) is 9.18 Å². The second-order valence-electron chi connectivity index (χ2n) is 3.61. The Hall–Kier alpha value is -2.59. The van der Waals surface area contributed by atoms with Crippen LogP contribution < -0.4 is 10.6 Å². The van der Waals surface area contributed by atoms with Gasteiger partial charge in [-0.1, -0.05) is 11.6 Å². The Morgan fingerprint density at radius 1 is 1.52 bits per heavy atom. The Bertz CT molecular complexity index is 626. The predicted octanol–water partition coefficient (Wildman–Crippen LogP) is 2.57. The zero-order valence-corrected chi connectivity index (χ0v) is 11.7. The smallest absolute Gasteiger partial charge is 0.414 e. The van der Waals surface area contributed by atoms with Gasteiger partial charge >= 0.3 is 6.09 Å². The molecule has 8 heteroatoms. The number of nitrogens with zero attached hydrogens (tertiary/aromatic N) is 1. The molecule has 21 heavy (non-hydrogen) atoms. The van der Waals surface area contributed by atoms with Gasteiger partial charge in [0.1, 0.15) is 17.5 Å². The van der Waals surface area contributed by atoms with Crippen molar-refractivity contribution in [3.63, 3.8) is 0 Å². The minimum Gasteiger partial charge on any atom is -0.450 e. The number of hydrogen-bond donors (Lipinski definition) is 2. The Labute approximate surface area is 125 Å². The fraction of sp³-hybridized carbons (Fsp3) is 0.154. The molecule has 0 heterocycles. The first kappa shape index (κ1) is 16.5. The quantitative estimate of drug-likeness (QED) is 0.658. The van der Waals surface area contributed by atoms with Crippen molar-refractivity contribution >= 4 is 29.3 Å². The minimum absolute atomic E-state index is 0.0242. The fourth-order valence-electron chi connectivity index (χ4n) is 1.23. The van der Waals surface area contributed by atoms with Crippen LogP contribution in [0.1, 0.15) is 6.92 Å². The number of benzene rings is 1. The van der Waals surface area contributed by atoms with E-state index in [-0.39, 0.29) is 17.3 Å². The maximum absolute atomic E-state index is 13.5. The lowest BCUT2D eigenvalue weighted by Crippen LogP contribution is -2.32. The molecule has 0 bridgehead atoms. The molecule has 0 aromatic heterocycles. The Morgan fingerprint density at radius 3 is 2.81 bits per heavy atom. The molecule has 0 saturated carbocycles. The highest BCUT2D eigenvalue weighted by Gasteiger charge is 2.13. The van der Waals surface area contributed by atoms with Gasteiger partial charge < -0.3 is 10.1 Å². The van der Waals surface area contributed by atoms with E-state index in [2.05, 4.69) is 10.1 Å². The Morgan fingerprint density at radius 2 is 2.24 bits per heavy atom. The molecule has 1 rings (SSSR count). The third kappa shape index (κ3) is 5.12. The van der Waals surface area contributed by atoms with Gasteiger partial charge in [0.25, 0.3) is 5.91 Å². The topological polar surface area (TPSA) is 91.2 Å². The SMILES string of the molecule is CCOC(=O)NC(=O)/C(C#N)=C/Nc1ccc(Cl)cc1F. The average molecular weight is 312 g/mol. The standard InChI is InChI=1S/C13H11ClFN3O3/c1-2-21-13(20)18-12(19)8(6-16)7-17-11-4-3-9(14)5-10(11)15/h3-5,7,17H,2H2,1H3,(H,18,19,20)/b8-7+. The van der Waals surface area contributed by atoms with E-state index in [1.807, 2.05) is 5.32 Å². The van der Waals surface area contributed by atoms with Crippen LogP contribution in [0.3, 0.4) is 0 Å². The molecule has 0 unspecified atom stereocenters. The van der Waals surface area contributed by atoms with Crippen LogP contribution in [-0.2, 0) is 9.53 Å². The molecule has 0 aliphatic heterocycles. The number of nitrogens with one attached hydrogen (secondary N) is 2. The lowest BCUT2D eigenvalue weighted by Gasteiger charge is -2.05. The number of rotatable bonds is 4. The molecular weight excluding hydrogens is 301 g/mol. The molecule has 1 aromatic rings. The van der Waals surface area contributed by atoms with Crippen molar-refractivity contribution in [3.8, 4) is 6.07 Å². The van der Waals surface area contributed by atoms with E-state index in [0.717, 1.165) is 12.3 Å². The van der Waals surface area contributed by atoms with Gasteiger partial charge in [0.2, 0.25) is 0 Å². The van der Waals surface area contributed by atoms with Crippen LogP contribution in [0, 0.1) is 17.1 Å². The largest absolute Gasteiger partial charge is 0.450 e. The maximum atomic E-state index is 13.5. The van der Waals surface area contributed by atoms with Crippen LogP contribution in [-0.4, -0.2) is 18.6 Å². The van der Waals surface area contributed by atoms with Crippen molar-refractivity contribution in [1.82, 2.24) is 5.32 Å². The number of alkyl carbamates (subject to hydrolysis) is 1. The Balaban J connectivity index is 2.78. The van der Waals surface area contributed by atoms with Crippen LogP contribution >= 0.6 is 11.6 Å². The van der Waals surface area contributed by atoms with Gasteiger partial charge in [-0.15, -0.1) is 0 Å². The molecule has 0 aliphatic rings.